The van der Waals surface area contributed by atoms with Crippen molar-refractivity contribution in [1.29, 1.82) is 0 Å². The molecule has 1 aromatic carbocycles. The molecule has 0 bridgehead atoms. The molecule has 1 atom stereocenters. The Bertz CT molecular complexity index is 1280. The van der Waals surface area contributed by atoms with Gasteiger partial charge in [-0.05, 0) is 42.7 Å². The van der Waals surface area contributed by atoms with Crippen molar-refractivity contribution in [2.24, 2.45) is 7.05 Å². The number of aromatic nitrogens is 3. The molecule has 35 heavy (non-hydrogen) atoms. The van der Waals surface area contributed by atoms with Gasteiger partial charge < -0.3 is 19.9 Å². The molecule has 0 unspecified atom stereocenters. The number of fused-ring (bicyclic) bond motifs is 2. The van der Waals surface area contributed by atoms with E-state index in [9.17, 15) is 14.0 Å². The molecule has 1 aliphatic carbocycles. The summed E-state index contributed by atoms with van der Waals surface area (Å²) in [5.74, 6) is -0.0250. The van der Waals surface area contributed by atoms with E-state index in [0.717, 1.165) is 35.4 Å². The second kappa shape index (κ2) is 9.36. The van der Waals surface area contributed by atoms with Gasteiger partial charge in [0.2, 0.25) is 5.91 Å². The third kappa shape index (κ3) is 4.82. The lowest BCUT2D eigenvalue weighted by molar-refractivity contribution is -0.132. The predicted molar refractivity (Wildman–Crippen MR) is 126 cm³/mol. The number of hydrogen-bond donors (Lipinski definition) is 1. The van der Waals surface area contributed by atoms with Crippen molar-refractivity contribution in [2.75, 3.05) is 26.7 Å². The zero-order valence-electron chi connectivity index (χ0n) is 19.7. The number of halogens is 1. The number of carbonyl (C=O) groups is 2. The number of benzene rings is 1. The van der Waals surface area contributed by atoms with Crippen molar-refractivity contribution < 1.29 is 18.7 Å². The highest BCUT2D eigenvalue weighted by Gasteiger charge is 2.28. The smallest absolute Gasteiger partial charge is 0.318 e. The van der Waals surface area contributed by atoms with Gasteiger partial charge in [-0.2, -0.15) is 5.10 Å². The molecule has 3 aromatic rings. The monoisotopic (exact) mass is 478 g/mol. The molecule has 10 heteroatoms. The van der Waals surface area contributed by atoms with E-state index in [0.29, 0.717) is 24.5 Å². The summed E-state index contributed by atoms with van der Waals surface area (Å²) < 4.78 is 21.0. The Labute approximate surface area is 202 Å². The molecule has 3 heterocycles. The lowest BCUT2D eigenvalue weighted by Crippen LogP contribution is -2.45. The third-order valence-corrected chi connectivity index (χ3v) is 6.43. The van der Waals surface area contributed by atoms with E-state index in [1.807, 2.05) is 25.4 Å². The number of rotatable bonds is 4. The van der Waals surface area contributed by atoms with Gasteiger partial charge in [0.1, 0.15) is 24.7 Å². The zero-order valence-corrected chi connectivity index (χ0v) is 19.7. The minimum absolute atomic E-state index is 0.0890. The van der Waals surface area contributed by atoms with Crippen LogP contribution in [-0.4, -0.2) is 63.2 Å². The Morgan fingerprint density at radius 2 is 2.14 bits per heavy atom. The van der Waals surface area contributed by atoms with Crippen LogP contribution in [0.4, 0.5) is 9.18 Å². The first-order valence-electron chi connectivity index (χ1n) is 11.6. The summed E-state index contributed by atoms with van der Waals surface area (Å²) in [5, 5.41) is 7.22. The molecule has 0 spiro atoms. The van der Waals surface area contributed by atoms with Crippen LogP contribution in [0.1, 0.15) is 29.3 Å². The summed E-state index contributed by atoms with van der Waals surface area (Å²) in [6.07, 6.45) is 5.21. The average Bonchev–Trinajstić information content (AvgIpc) is 3.38. The van der Waals surface area contributed by atoms with Crippen molar-refractivity contribution >= 4 is 11.9 Å². The van der Waals surface area contributed by atoms with E-state index in [1.54, 1.807) is 28.9 Å². The van der Waals surface area contributed by atoms with Gasteiger partial charge in [-0.25, -0.2) is 9.18 Å². The standard InChI is InChI=1S/C25H27FN6O3/c1-30(15-24(33)32-9-10-35-23-8-3-18(26)11-16(23)14-32)25(34)29-22-7-6-21-19(22)4-5-20(28-21)17-12-27-31(2)13-17/h3-5,8,11-13,22H,6-7,9-10,14-15H2,1-2H3,(H,29,34)/t22-/m0/s1. The SMILES string of the molecule is CN(CC(=O)N1CCOc2ccc(F)cc2C1)C(=O)N[C@H]1CCc2nc(-c3cnn(C)c3)ccc21. The molecule has 0 saturated heterocycles. The third-order valence-electron chi connectivity index (χ3n) is 6.43. The molecular formula is C25H27FN6O3. The van der Waals surface area contributed by atoms with Gasteiger partial charge in [0.25, 0.3) is 0 Å². The quantitative estimate of drug-likeness (QED) is 0.623. The van der Waals surface area contributed by atoms with Crippen LogP contribution < -0.4 is 10.1 Å². The van der Waals surface area contributed by atoms with E-state index < -0.39 is 0 Å². The number of nitrogens with zero attached hydrogens (tertiary/aromatic N) is 5. The zero-order chi connectivity index (χ0) is 24.5. The van der Waals surface area contributed by atoms with Crippen LogP contribution in [0.3, 0.4) is 0 Å². The van der Waals surface area contributed by atoms with E-state index >= 15 is 0 Å². The number of hydrogen-bond acceptors (Lipinski definition) is 5. The van der Waals surface area contributed by atoms with E-state index in [4.69, 9.17) is 9.72 Å². The number of urea groups is 1. The molecule has 0 saturated carbocycles. The Morgan fingerprint density at radius 1 is 1.29 bits per heavy atom. The molecule has 182 valence electrons. The van der Waals surface area contributed by atoms with Crippen LogP contribution in [-0.2, 0) is 24.8 Å². The number of amides is 3. The fourth-order valence-electron chi connectivity index (χ4n) is 4.54. The summed E-state index contributed by atoms with van der Waals surface area (Å²) in [4.78, 5) is 33.5. The molecule has 9 nitrogen and oxygen atoms in total. The van der Waals surface area contributed by atoms with E-state index in [-0.39, 0.29) is 36.9 Å². The van der Waals surface area contributed by atoms with Gasteiger partial charge in [-0.1, -0.05) is 6.07 Å². The first-order chi connectivity index (χ1) is 16.9. The summed E-state index contributed by atoms with van der Waals surface area (Å²) in [6, 6.07) is 7.74. The van der Waals surface area contributed by atoms with Crippen LogP contribution in [0.15, 0.2) is 42.7 Å². The van der Waals surface area contributed by atoms with Crippen LogP contribution >= 0.6 is 0 Å². The maximum atomic E-state index is 13.7. The number of nitrogens with one attached hydrogen (secondary N) is 1. The lowest BCUT2D eigenvalue weighted by atomic mass is 10.1. The average molecular weight is 479 g/mol. The summed E-state index contributed by atoms with van der Waals surface area (Å²) in [6.45, 7) is 0.829. The van der Waals surface area contributed by atoms with E-state index in [2.05, 4.69) is 10.4 Å². The van der Waals surface area contributed by atoms with Gasteiger partial charge in [-0.15, -0.1) is 0 Å². The van der Waals surface area contributed by atoms with Crippen LogP contribution in [0.5, 0.6) is 5.75 Å². The minimum Gasteiger partial charge on any atom is -0.491 e. The van der Waals surface area contributed by atoms with Gasteiger partial charge in [0, 0.05) is 43.7 Å². The fraction of sp³-hybridized carbons (Fsp3) is 0.360. The number of carbonyl (C=O) groups excluding carboxylic acids is 2. The van der Waals surface area contributed by atoms with Crippen molar-refractivity contribution in [3.8, 4) is 17.0 Å². The molecule has 5 rings (SSSR count). The first-order valence-corrected chi connectivity index (χ1v) is 11.6. The second-order valence-electron chi connectivity index (χ2n) is 8.95. The van der Waals surface area contributed by atoms with Gasteiger partial charge in [0.05, 0.1) is 24.5 Å². The topological polar surface area (TPSA) is 92.6 Å². The number of ether oxygens (including phenoxy) is 1. The maximum Gasteiger partial charge on any atom is 0.318 e. The van der Waals surface area contributed by atoms with Crippen molar-refractivity contribution in [3.05, 3.63) is 65.4 Å². The van der Waals surface area contributed by atoms with Crippen molar-refractivity contribution in [2.45, 2.75) is 25.4 Å². The van der Waals surface area contributed by atoms with Gasteiger partial charge in [-0.3, -0.25) is 14.5 Å². The number of aryl methyl sites for hydroxylation is 2. The van der Waals surface area contributed by atoms with Crippen LogP contribution in [0.25, 0.3) is 11.3 Å². The molecule has 0 radical (unpaired) electrons. The number of pyridine rings is 1. The Hall–Kier alpha value is -3.95. The predicted octanol–water partition coefficient (Wildman–Crippen LogP) is 2.67. The normalized spacial score (nSPS) is 16.7. The molecule has 1 aliphatic heterocycles. The molecule has 0 fully saturated rings. The number of likely N-dealkylation sites (N-methyl/N-ethyl adjacent to an activating group) is 1. The Kier molecular flexibility index (Phi) is 6.10. The summed E-state index contributed by atoms with van der Waals surface area (Å²) in [7, 11) is 3.46. The maximum absolute atomic E-state index is 13.7. The largest absolute Gasteiger partial charge is 0.491 e. The van der Waals surface area contributed by atoms with E-state index in [1.165, 1.54) is 17.0 Å². The van der Waals surface area contributed by atoms with Crippen molar-refractivity contribution in [1.82, 2.24) is 29.9 Å². The lowest BCUT2D eigenvalue weighted by Gasteiger charge is -2.25. The summed E-state index contributed by atoms with van der Waals surface area (Å²) >= 11 is 0. The minimum atomic E-state index is -0.378. The van der Waals surface area contributed by atoms with Crippen LogP contribution in [0.2, 0.25) is 0 Å². The molecule has 3 amide bonds. The summed E-state index contributed by atoms with van der Waals surface area (Å²) in [5.41, 5.74) is 4.38. The van der Waals surface area contributed by atoms with Gasteiger partial charge >= 0.3 is 6.03 Å². The van der Waals surface area contributed by atoms with Crippen LogP contribution in [0, 0.1) is 5.82 Å². The Balaban J connectivity index is 1.20. The highest BCUT2D eigenvalue weighted by atomic mass is 19.1. The molecule has 2 aliphatic rings. The molecule has 1 N–H and O–H groups in total. The Morgan fingerprint density at radius 3 is 2.94 bits per heavy atom. The fourth-order valence-corrected chi connectivity index (χ4v) is 4.54. The molecule has 2 aromatic heterocycles. The second-order valence-corrected chi connectivity index (χ2v) is 8.95. The highest BCUT2D eigenvalue weighted by Crippen LogP contribution is 2.32. The van der Waals surface area contributed by atoms with Gasteiger partial charge in [0.15, 0.2) is 0 Å². The van der Waals surface area contributed by atoms with Crippen molar-refractivity contribution in [3.63, 3.8) is 0 Å². The first kappa shape index (κ1) is 22.8. The molecular weight excluding hydrogens is 451 g/mol. The highest BCUT2D eigenvalue weighted by molar-refractivity contribution is 5.84.